The van der Waals surface area contributed by atoms with Gasteiger partial charge < -0.3 is 9.80 Å². The molecule has 0 aromatic heterocycles. The molecule has 1 saturated heterocycles. The summed E-state index contributed by atoms with van der Waals surface area (Å²) in [7, 11) is 0. The number of carbonyl (C=O) groups is 1. The lowest BCUT2D eigenvalue weighted by atomic mass is 10.0. The Hall–Kier alpha value is -2.49. The second-order valence-corrected chi connectivity index (χ2v) is 7.73. The number of rotatable bonds is 3. The molecule has 1 heterocycles. The summed E-state index contributed by atoms with van der Waals surface area (Å²) in [5.74, 6) is 0.0651. The normalized spacial score (nSPS) is 16.9. The van der Waals surface area contributed by atoms with Gasteiger partial charge in [-0.1, -0.05) is 53.5 Å². The molecule has 3 nitrogen and oxygen atoms in total. The summed E-state index contributed by atoms with van der Waals surface area (Å²) in [4.78, 5) is 17.2. The van der Waals surface area contributed by atoms with Crippen molar-refractivity contribution in [2.24, 2.45) is 0 Å². The van der Waals surface area contributed by atoms with Gasteiger partial charge in [0, 0.05) is 40.9 Å². The van der Waals surface area contributed by atoms with Crippen molar-refractivity contribution in [2.45, 2.75) is 6.04 Å². The van der Waals surface area contributed by atoms with E-state index in [1.165, 1.54) is 0 Å². The third-order valence-electron chi connectivity index (χ3n) is 5.10. The van der Waals surface area contributed by atoms with Gasteiger partial charge in [-0.25, -0.2) is 0 Å². The number of benzene rings is 3. The number of hydrogen-bond acceptors (Lipinski definition) is 2. The summed E-state index contributed by atoms with van der Waals surface area (Å²) in [5, 5.41) is 1.42. The van der Waals surface area contributed by atoms with Crippen molar-refractivity contribution in [3.63, 3.8) is 0 Å². The SMILES string of the molecule is O=C(c1ccccc1)N1CCN(c2ccc(Cl)cc2)C(c2ccc(Cl)cc2)C1. The minimum atomic E-state index is 0.0415. The van der Waals surface area contributed by atoms with Crippen LogP contribution < -0.4 is 4.90 Å². The molecule has 28 heavy (non-hydrogen) atoms. The van der Waals surface area contributed by atoms with Crippen LogP contribution in [-0.2, 0) is 0 Å². The highest BCUT2D eigenvalue weighted by atomic mass is 35.5. The van der Waals surface area contributed by atoms with E-state index in [0.717, 1.165) is 23.4 Å². The lowest BCUT2D eigenvalue weighted by molar-refractivity contribution is 0.0722. The third kappa shape index (κ3) is 4.01. The smallest absolute Gasteiger partial charge is 0.253 e. The molecule has 0 N–H and O–H groups in total. The van der Waals surface area contributed by atoms with Crippen LogP contribution in [0.15, 0.2) is 78.9 Å². The van der Waals surface area contributed by atoms with Gasteiger partial charge in [-0.3, -0.25) is 4.79 Å². The van der Waals surface area contributed by atoms with Crippen molar-refractivity contribution in [1.82, 2.24) is 4.90 Å². The van der Waals surface area contributed by atoms with E-state index < -0.39 is 0 Å². The average Bonchev–Trinajstić information content (AvgIpc) is 2.75. The molecule has 0 aliphatic carbocycles. The van der Waals surface area contributed by atoms with Crippen LogP contribution in [-0.4, -0.2) is 30.4 Å². The first-order valence-corrected chi connectivity index (χ1v) is 9.99. The minimum Gasteiger partial charge on any atom is -0.361 e. The van der Waals surface area contributed by atoms with E-state index in [1.54, 1.807) is 0 Å². The van der Waals surface area contributed by atoms with E-state index >= 15 is 0 Å². The van der Waals surface area contributed by atoms with E-state index in [2.05, 4.69) is 4.90 Å². The predicted molar refractivity (Wildman–Crippen MR) is 115 cm³/mol. The molecule has 1 aliphatic heterocycles. The van der Waals surface area contributed by atoms with Crippen molar-refractivity contribution in [2.75, 3.05) is 24.5 Å². The molecule has 1 aliphatic rings. The number of piperazine rings is 1. The van der Waals surface area contributed by atoms with E-state index in [4.69, 9.17) is 23.2 Å². The maximum Gasteiger partial charge on any atom is 0.253 e. The standard InChI is InChI=1S/C23H20Cl2N2O/c24-19-8-6-17(7-9-19)22-16-26(23(28)18-4-2-1-3-5-18)14-15-27(22)21-12-10-20(25)11-13-21/h1-13,22H,14-16H2. The average molecular weight is 411 g/mol. The van der Waals surface area contributed by atoms with Crippen LogP contribution in [0.25, 0.3) is 0 Å². The summed E-state index contributed by atoms with van der Waals surface area (Å²) in [6.45, 7) is 2.02. The van der Waals surface area contributed by atoms with E-state index in [9.17, 15) is 4.79 Å². The maximum atomic E-state index is 13.0. The summed E-state index contributed by atoms with van der Waals surface area (Å²) >= 11 is 12.2. The fourth-order valence-electron chi connectivity index (χ4n) is 3.64. The molecule has 142 valence electrons. The fourth-order valence-corrected chi connectivity index (χ4v) is 3.89. The number of amides is 1. The molecule has 1 fully saturated rings. The van der Waals surface area contributed by atoms with Crippen molar-refractivity contribution < 1.29 is 4.79 Å². The Morgan fingerprint density at radius 2 is 1.39 bits per heavy atom. The Morgan fingerprint density at radius 3 is 2.04 bits per heavy atom. The molecule has 0 radical (unpaired) electrons. The molecular weight excluding hydrogens is 391 g/mol. The van der Waals surface area contributed by atoms with Gasteiger partial charge in [0.05, 0.1) is 6.04 Å². The van der Waals surface area contributed by atoms with Gasteiger partial charge >= 0.3 is 0 Å². The first-order valence-electron chi connectivity index (χ1n) is 9.24. The Kier molecular flexibility index (Phi) is 5.56. The minimum absolute atomic E-state index is 0.0415. The number of carbonyl (C=O) groups excluding carboxylic acids is 1. The van der Waals surface area contributed by atoms with Crippen LogP contribution in [0.2, 0.25) is 10.0 Å². The van der Waals surface area contributed by atoms with Gasteiger partial charge in [-0.05, 0) is 54.1 Å². The summed E-state index contributed by atoms with van der Waals surface area (Å²) in [6.07, 6.45) is 0. The molecule has 4 rings (SSSR count). The summed E-state index contributed by atoms with van der Waals surface area (Å²) < 4.78 is 0. The molecule has 1 atom stereocenters. The van der Waals surface area contributed by atoms with Crippen LogP contribution in [0, 0.1) is 0 Å². The molecule has 3 aromatic carbocycles. The monoisotopic (exact) mass is 410 g/mol. The van der Waals surface area contributed by atoms with Crippen LogP contribution in [0.4, 0.5) is 5.69 Å². The molecule has 0 spiro atoms. The number of nitrogens with zero attached hydrogens (tertiary/aromatic N) is 2. The van der Waals surface area contributed by atoms with Gasteiger partial charge in [0.1, 0.15) is 0 Å². The molecule has 1 unspecified atom stereocenters. The highest BCUT2D eigenvalue weighted by Gasteiger charge is 2.31. The topological polar surface area (TPSA) is 23.6 Å². The lowest BCUT2D eigenvalue weighted by Gasteiger charge is -2.43. The zero-order valence-electron chi connectivity index (χ0n) is 15.3. The van der Waals surface area contributed by atoms with Gasteiger partial charge in [-0.2, -0.15) is 0 Å². The molecule has 0 saturated carbocycles. The van der Waals surface area contributed by atoms with Gasteiger partial charge in [0.2, 0.25) is 0 Å². The largest absolute Gasteiger partial charge is 0.361 e. The van der Waals surface area contributed by atoms with Gasteiger partial charge in [0.15, 0.2) is 0 Å². The van der Waals surface area contributed by atoms with Crippen molar-refractivity contribution in [1.29, 1.82) is 0 Å². The van der Waals surface area contributed by atoms with Crippen molar-refractivity contribution in [3.8, 4) is 0 Å². The molecule has 0 bridgehead atoms. The molecule has 3 aromatic rings. The predicted octanol–water partition coefficient (Wildman–Crippen LogP) is 5.70. The highest BCUT2D eigenvalue weighted by Crippen LogP contribution is 2.32. The lowest BCUT2D eigenvalue weighted by Crippen LogP contribution is -2.50. The quantitative estimate of drug-likeness (QED) is 0.552. The van der Waals surface area contributed by atoms with Crippen LogP contribution in [0.5, 0.6) is 0 Å². The second-order valence-electron chi connectivity index (χ2n) is 6.85. The molecule has 1 amide bonds. The summed E-state index contributed by atoms with van der Waals surface area (Å²) in [6, 6.07) is 25.2. The van der Waals surface area contributed by atoms with E-state index in [-0.39, 0.29) is 11.9 Å². The first kappa shape index (κ1) is 18.9. The van der Waals surface area contributed by atoms with E-state index in [1.807, 2.05) is 83.8 Å². The second kappa shape index (κ2) is 8.26. The van der Waals surface area contributed by atoms with E-state index in [0.29, 0.717) is 23.1 Å². The van der Waals surface area contributed by atoms with Gasteiger partial charge in [-0.15, -0.1) is 0 Å². The van der Waals surface area contributed by atoms with Crippen LogP contribution >= 0.6 is 23.2 Å². The molecule has 5 heteroatoms. The van der Waals surface area contributed by atoms with Crippen molar-refractivity contribution in [3.05, 3.63) is 100 Å². The van der Waals surface area contributed by atoms with Crippen LogP contribution in [0.3, 0.4) is 0 Å². The first-order chi connectivity index (χ1) is 13.6. The third-order valence-corrected chi connectivity index (χ3v) is 5.61. The number of hydrogen-bond donors (Lipinski definition) is 0. The Labute approximate surface area is 175 Å². The fraction of sp³-hybridized carbons (Fsp3) is 0.174. The Balaban J connectivity index is 1.64. The van der Waals surface area contributed by atoms with Crippen LogP contribution in [0.1, 0.15) is 22.0 Å². The highest BCUT2D eigenvalue weighted by molar-refractivity contribution is 6.30. The molecular formula is C23H20Cl2N2O. The maximum absolute atomic E-state index is 13.0. The van der Waals surface area contributed by atoms with Crippen molar-refractivity contribution >= 4 is 34.8 Å². The van der Waals surface area contributed by atoms with Gasteiger partial charge in [0.25, 0.3) is 5.91 Å². The Bertz CT molecular complexity index is 943. The zero-order valence-corrected chi connectivity index (χ0v) is 16.8. The Morgan fingerprint density at radius 1 is 0.786 bits per heavy atom. The zero-order chi connectivity index (χ0) is 19.5. The number of halogens is 2. The number of anilines is 1. The summed E-state index contributed by atoms with van der Waals surface area (Å²) in [5.41, 5.74) is 2.94.